The molecule has 170 valence electrons. The van der Waals surface area contributed by atoms with Gasteiger partial charge in [0.1, 0.15) is 6.61 Å². The maximum Gasteiger partial charge on any atom is 0.167 e. The van der Waals surface area contributed by atoms with Crippen LogP contribution in [0, 0.1) is 5.92 Å². The van der Waals surface area contributed by atoms with E-state index >= 15 is 0 Å². The number of rotatable bonds is 15. The molecule has 1 fully saturated rings. The van der Waals surface area contributed by atoms with Crippen LogP contribution in [-0.2, 0) is 19.0 Å². The number of nitrogens with two attached hydrogens (primary N) is 1. The molecule has 1 aliphatic rings. The van der Waals surface area contributed by atoms with E-state index in [9.17, 15) is 9.90 Å². The molecule has 1 aliphatic heterocycles. The van der Waals surface area contributed by atoms with E-state index < -0.39 is 18.2 Å². The van der Waals surface area contributed by atoms with Gasteiger partial charge in [-0.3, -0.25) is 9.69 Å². The minimum absolute atomic E-state index is 0.0915. The highest BCUT2D eigenvalue weighted by atomic mass is 16.5. The van der Waals surface area contributed by atoms with Crippen LogP contribution in [0.2, 0.25) is 0 Å². The van der Waals surface area contributed by atoms with E-state index in [0.717, 1.165) is 6.42 Å². The van der Waals surface area contributed by atoms with Crippen molar-refractivity contribution in [3.8, 4) is 0 Å². The standard InChI is InChI=1S/C23H38N2O5/c1-2-3-4-8-13-28-16-17-30-18-20(26)21(22(27)19-9-6-5-7-10-19)23(24)25-11-14-29-15-12-25/h5-7,9-10,21-23,27H,2-4,8,11-18,24H2,1H3/t21-,22-,23?/m1/s1. The van der Waals surface area contributed by atoms with Gasteiger partial charge in [0.05, 0.1) is 44.6 Å². The molecule has 1 aromatic rings. The van der Waals surface area contributed by atoms with Crippen LogP contribution in [0.15, 0.2) is 30.3 Å². The fraction of sp³-hybridized carbons (Fsp3) is 0.696. The molecule has 0 radical (unpaired) electrons. The second kappa shape index (κ2) is 14.6. The Morgan fingerprint density at radius 1 is 1.10 bits per heavy atom. The Morgan fingerprint density at radius 3 is 2.50 bits per heavy atom. The van der Waals surface area contributed by atoms with E-state index in [1.54, 1.807) is 0 Å². The first-order chi connectivity index (χ1) is 14.6. The average Bonchev–Trinajstić information content (AvgIpc) is 2.79. The Morgan fingerprint density at radius 2 is 1.80 bits per heavy atom. The first-order valence-corrected chi connectivity index (χ1v) is 11.1. The molecule has 3 atom stereocenters. The summed E-state index contributed by atoms with van der Waals surface area (Å²) in [6.45, 7) is 6.03. The first kappa shape index (κ1) is 24.9. The quantitative estimate of drug-likeness (QED) is 0.418. The summed E-state index contributed by atoms with van der Waals surface area (Å²) in [6.07, 6.45) is 3.06. The molecule has 7 heteroatoms. The van der Waals surface area contributed by atoms with Gasteiger partial charge in [0.2, 0.25) is 0 Å². The number of carbonyl (C=O) groups is 1. The summed E-state index contributed by atoms with van der Waals surface area (Å²) in [5.41, 5.74) is 7.13. The van der Waals surface area contributed by atoms with Gasteiger partial charge in [-0.05, 0) is 12.0 Å². The summed E-state index contributed by atoms with van der Waals surface area (Å²) in [7, 11) is 0. The summed E-state index contributed by atoms with van der Waals surface area (Å²) >= 11 is 0. The molecule has 3 N–H and O–H groups in total. The molecule has 0 spiro atoms. The third-order valence-electron chi connectivity index (χ3n) is 5.45. The zero-order valence-electron chi connectivity index (χ0n) is 18.2. The molecular formula is C23H38N2O5. The van der Waals surface area contributed by atoms with Crippen molar-refractivity contribution in [3.63, 3.8) is 0 Å². The van der Waals surface area contributed by atoms with Crippen LogP contribution in [0.5, 0.6) is 0 Å². The topological polar surface area (TPSA) is 94.2 Å². The van der Waals surface area contributed by atoms with E-state index in [2.05, 4.69) is 6.92 Å². The zero-order chi connectivity index (χ0) is 21.6. The fourth-order valence-corrected chi connectivity index (χ4v) is 3.63. The van der Waals surface area contributed by atoms with Crippen LogP contribution in [0.3, 0.4) is 0 Å². The van der Waals surface area contributed by atoms with Crippen LogP contribution in [-0.4, -0.2) is 74.7 Å². The molecule has 1 heterocycles. The van der Waals surface area contributed by atoms with Crippen LogP contribution in [0.4, 0.5) is 0 Å². The second-order valence-electron chi connectivity index (χ2n) is 7.71. The number of nitrogens with zero attached hydrogens (tertiary/aromatic N) is 1. The number of aliphatic hydroxyl groups is 1. The highest BCUT2D eigenvalue weighted by molar-refractivity contribution is 5.83. The molecule has 0 saturated carbocycles. The van der Waals surface area contributed by atoms with Crippen molar-refractivity contribution in [3.05, 3.63) is 35.9 Å². The molecule has 30 heavy (non-hydrogen) atoms. The number of benzene rings is 1. The Labute approximate surface area is 180 Å². The van der Waals surface area contributed by atoms with Gasteiger partial charge in [0.25, 0.3) is 0 Å². The lowest BCUT2D eigenvalue weighted by Crippen LogP contribution is -2.55. The number of hydrogen-bond acceptors (Lipinski definition) is 7. The smallest absolute Gasteiger partial charge is 0.167 e. The van der Waals surface area contributed by atoms with E-state index in [1.165, 1.54) is 19.3 Å². The fourth-order valence-electron chi connectivity index (χ4n) is 3.63. The number of morpholine rings is 1. The number of unbranched alkanes of at least 4 members (excludes halogenated alkanes) is 3. The summed E-state index contributed by atoms with van der Waals surface area (Å²) in [5.74, 6) is -0.978. The van der Waals surface area contributed by atoms with Crippen LogP contribution in [0.25, 0.3) is 0 Å². The molecule has 0 bridgehead atoms. The molecule has 2 rings (SSSR count). The van der Waals surface area contributed by atoms with Crippen molar-refractivity contribution in [2.24, 2.45) is 11.7 Å². The maximum absolute atomic E-state index is 13.0. The summed E-state index contributed by atoms with van der Waals surface area (Å²) < 4.78 is 16.5. The van der Waals surface area contributed by atoms with Crippen molar-refractivity contribution >= 4 is 5.78 Å². The van der Waals surface area contributed by atoms with Crippen molar-refractivity contribution in [1.29, 1.82) is 0 Å². The minimum atomic E-state index is -0.991. The van der Waals surface area contributed by atoms with E-state index in [-0.39, 0.29) is 12.4 Å². The normalized spacial score (nSPS) is 18.1. The molecule has 1 unspecified atom stereocenters. The third kappa shape index (κ3) is 8.41. The van der Waals surface area contributed by atoms with Crippen molar-refractivity contribution < 1.29 is 24.1 Å². The predicted octanol–water partition coefficient (Wildman–Crippen LogP) is 2.14. The zero-order valence-corrected chi connectivity index (χ0v) is 18.2. The van der Waals surface area contributed by atoms with Gasteiger partial charge in [0.15, 0.2) is 5.78 Å². The van der Waals surface area contributed by atoms with Gasteiger partial charge in [-0.15, -0.1) is 0 Å². The third-order valence-corrected chi connectivity index (χ3v) is 5.45. The van der Waals surface area contributed by atoms with Crippen molar-refractivity contribution in [1.82, 2.24) is 4.90 Å². The molecular weight excluding hydrogens is 384 g/mol. The largest absolute Gasteiger partial charge is 0.388 e. The lowest BCUT2D eigenvalue weighted by Gasteiger charge is -2.37. The summed E-state index contributed by atoms with van der Waals surface area (Å²) in [4.78, 5) is 15.0. The van der Waals surface area contributed by atoms with Crippen molar-refractivity contribution in [2.75, 3.05) is 52.7 Å². The predicted molar refractivity (Wildman–Crippen MR) is 116 cm³/mol. The highest BCUT2D eigenvalue weighted by Gasteiger charge is 2.36. The van der Waals surface area contributed by atoms with Gasteiger partial charge in [0, 0.05) is 19.7 Å². The number of Topliss-reactive ketones (excluding diaryl/α,β-unsaturated/α-hetero) is 1. The Kier molecular flexibility index (Phi) is 12.1. The van der Waals surface area contributed by atoms with Crippen LogP contribution >= 0.6 is 0 Å². The lowest BCUT2D eigenvalue weighted by atomic mass is 9.88. The van der Waals surface area contributed by atoms with E-state index in [4.69, 9.17) is 19.9 Å². The molecule has 0 amide bonds. The minimum Gasteiger partial charge on any atom is -0.388 e. The van der Waals surface area contributed by atoms with Gasteiger partial charge in [-0.2, -0.15) is 0 Å². The number of ketones is 1. The molecule has 1 aromatic carbocycles. The van der Waals surface area contributed by atoms with Gasteiger partial charge < -0.3 is 25.1 Å². The maximum atomic E-state index is 13.0. The van der Waals surface area contributed by atoms with E-state index in [0.29, 0.717) is 51.7 Å². The monoisotopic (exact) mass is 422 g/mol. The Hall–Kier alpha value is -1.35. The average molecular weight is 423 g/mol. The summed E-state index contributed by atoms with van der Waals surface area (Å²) in [5, 5.41) is 11.0. The molecule has 0 aliphatic carbocycles. The molecule has 0 aromatic heterocycles. The van der Waals surface area contributed by atoms with Gasteiger partial charge in [-0.25, -0.2) is 0 Å². The molecule has 1 saturated heterocycles. The Balaban J connectivity index is 1.86. The number of ether oxygens (including phenoxy) is 3. The van der Waals surface area contributed by atoms with Crippen LogP contribution < -0.4 is 5.73 Å². The van der Waals surface area contributed by atoms with Gasteiger partial charge in [-0.1, -0.05) is 56.5 Å². The van der Waals surface area contributed by atoms with Crippen molar-refractivity contribution in [2.45, 2.75) is 44.9 Å². The number of carbonyl (C=O) groups excluding carboxylic acids is 1. The highest BCUT2D eigenvalue weighted by Crippen LogP contribution is 2.27. The lowest BCUT2D eigenvalue weighted by molar-refractivity contribution is -0.136. The number of hydrogen-bond donors (Lipinski definition) is 2. The van der Waals surface area contributed by atoms with E-state index in [1.807, 2.05) is 35.2 Å². The van der Waals surface area contributed by atoms with Gasteiger partial charge >= 0.3 is 0 Å². The summed E-state index contributed by atoms with van der Waals surface area (Å²) in [6, 6.07) is 9.18. The number of aliphatic hydroxyl groups excluding tert-OH is 1. The Bertz CT molecular complexity index is 580. The SMILES string of the molecule is CCCCCCOCCOCC(=O)[C@@H](C(N)N1CCOCC1)[C@H](O)c1ccccc1. The van der Waals surface area contributed by atoms with Crippen LogP contribution in [0.1, 0.15) is 44.3 Å². The molecule has 7 nitrogen and oxygen atoms in total. The first-order valence-electron chi connectivity index (χ1n) is 11.1. The second-order valence-corrected chi connectivity index (χ2v) is 7.71.